The summed E-state index contributed by atoms with van der Waals surface area (Å²) in [5.74, 6) is -1.24. The van der Waals surface area contributed by atoms with E-state index in [-0.39, 0.29) is 6.42 Å². The summed E-state index contributed by atoms with van der Waals surface area (Å²) in [7, 11) is 0. The van der Waals surface area contributed by atoms with Gasteiger partial charge in [-0.2, -0.15) is 0 Å². The lowest BCUT2D eigenvalue weighted by Crippen LogP contribution is -2.22. The molecule has 0 fully saturated rings. The second-order valence-electron chi connectivity index (χ2n) is 2.62. The summed E-state index contributed by atoms with van der Waals surface area (Å²) in [6.07, 6.45) is 0.212. The molecule has 0 aromatic carbocycles. The quantitative estimate of drug-likeness (QED) is 0.646. The summed E-state index contributed by atoms with van der Waals surface area (Å²) in [5.41, 5.74) is 0.483. The maximum Gasteiger partial charge on any atom is 0.332 e. The molecule has 1 atom stereocenters. The molecule has 72 valence electrons. The van der Waals surface area contributed by atoms with E-state index in [9.17, 15) is 4.79 Å². The minimum Gasteiger partial charge on any atom is -0.479 e. The van der Waals surface area contributed by atoms with Crippen LogP contribution < -0.4 is 0 Å². The molecule has 2 N–H and O–H groups in total. The van der Waals surface area contributed by atoms with Crippen LogP contribution in [0.5, 0.6) is 0 Å². The lowest BCUT2D eigenvalue weighted by molar-refractivity contribution is -0.146. The standard InChI is InChI=1S/C7H11N3O3/c1-2-10-4-5(8-9-10)3-6(11)7(12)13/h4,6,11H,2-3H2,1H3,(H,12,13). The highest BCUT2D eigenvalue weighted by atomic mass is 16.4. The third kappa shape index (κ3) is 2.51. The molecular formula is C7H11N3O3. The predicted molar refractivity (Wildman–Crippen MR) is 43.0 cm³/mol. The van der Waals surface area contributed by atoms with Gasteiger partial charge >= 0.3 is 5.97 Å². The number of aliphatic hydroxyl groups excluding tert-OH is 1. The largest absolute Gasteiger partial charge is 0.479 e. The minimum absolute atomic E-state index is 0.00463. The Morgan fingerprint density at radius 1 is 1.77 bits per heavy atom. The molecule has 1 unspecified atom stereocenters. The van der Waals surface area contributed by atoms with Crippen molar-refractivity contribution in [1.82, 2.24) is 15.0 Å². The number of hydrogen-bond acceptors (Lipinski definition) is 4. The summed E-state index contributed by atoms with van der Waals surface area (Å²) in [4.78, 5) is 10.3. The fourth-order valence-corrected chi connectivity index (χ4v) is 0.872. The number of hydrogen-bond donors (Lipinski definition) is 2. The number of aryl methyl sites for hydroxylation is 1. The highest BCUT2D eigenvalue weighted by molar-refractivity contribution is 5.72. The monoisotopic (exact) mass is 185 g/mol. The topological polar surface area (TPSA) is 88.2 Å². The van der Waals surface area contributed by atoms with Crippen LogP contribution in [-0.4, -0.2) is 37.3 Å². The molecule has 13 heavy (non-hydrogen) atoms. The Bertz CT molecular complexity index is 297. The first kappa shape index (κ1) is 9.66. The van der Waals surface area contributed by atoms with Gasteiger partial charge in [-0.25, -0.2) is 4.79 Å². The molecule has 0 aliphatic carbocycles. The number of aliphatic carboxylic acids is 1. The van der Waals surface area contributed by atoms with Gasteiger partial charge in [-0.1, -0.05) is 5.21 Å². The van der Waals surface area contributed by atoms with Gasteiger partial charge in [0.15, 0.2) is 6.10 Å². The van der Waals surface area contributed by atoms with E-state index >= 15 is 0 Å². The first-order valence-corrected chi connectivity index (χ1v) is 3.93. The van der Waals surface area contributed by atoms with Crippen LogP contribution >= 0.6 is 0 Å². The van der Waals surface area contributed by atoms with Crippen LogP contribution in [-0.2, 0) is 17.8 Å². The SMILES string of the molecule is CCn1cc(CC(O)C(=O)O)nn1. The summed E-state index contributed by atoms with van der Waals surface area (Å²) in [6.45, 7) is 2.57. The van der Waals surface area contributed by atoms with E-state index in [1.165, 1.54) is 0 Å². The molecule has 0 radical (unpaired) electrons. The van der Waals surface area contributed by atoms with Crippen molar-refractivity contribution in [3.05, 3.63) is 11.9 Å². The second-order valence-corrected chi connectivity index (χ2v) is 2.62. The average Bonchev–Trinajstić information content (AvgIpc) is 2.52. The van der Waals surface area contributed by atoms with Crippen LogP contribution in [0, 0.1) is 0 Å². The Balaban J connectivity index is 2.58. The van der Waals surface area contributed by atoms with Crippen LogP contribution in [0.3, 0.4) is 0 Å². The second kappa shape index (κ2) is 3.99. The Labute approximate surface area is 74.8 Å². The third-order valence-electron chi connectivity index (χ3n) is 1.60. The molecule has 0 aliphatic rings. The maximum absolute atomic E-state index is 10.3. The summed E-state index contributed by atoms with van der Waals surface area (Å²) >= 11 is 0. The smallest absolute Gasteiger partial charge is 0.332 e. The molecule has 0 aliphatic heterocycles. The summed E-state index contributed by atoms with van der Waals surface area (Å²) in [6, 6.07) is 0. The predicted octanol–water partition coefficient (Wildman–Crippen LogP) is -0.714. The van der Waals surface area contributed by atoms with Gasteiger partial charge in [-0.15, -0.1) is 5.10 Å². The van der Waals surface area contributed by atoms with Crippen molar-refractivity contribution >= 4 is 5.97 Å². The first-order valence-electron chi connectivity index (χ1n) is 3.93. The van der Waals surface area contributed by atoms with Gasteiger partial charge in [0.05, 0.1) is 5.69 Å². The van der Waals surface area contributed by atoms with Crippen molar-refractivity contribution in [2.24, 2.45) is 0 Å². The Morgan fingerprint density at radius 2 is 2.46 bits per heavy atom. The molecule has 0 spiro atoms. The Morgan fingerprint density at radius 3 is 2.92 bits per heavy atom. The van der Waals surface area contributed by atoms with E-state index in [0.717, 1.165) is 0 Å². The molecular weight excluding hydrogens is 174 g/mol. The normalized spacial score (nSPS) is 12.8. The van der Waals surface area contributed by atoms with Crippen molar-refractivity contribution in [3.63, 3.8) is 0 Å². The number of carboxylic acid groups (broad SMARTS) is 1. The number of carbonyl (C=O) groups is 1. The van der Waals surface area contributed by atoms with Gasteiger partial charge in [0, 0.05) is 19.2 Å². The molecule has 6 heteroatoms. The fourth-order valence-electron chi connectivity index (χ4n) is 0.872. The Hall–Kier alpha value is -1.43. The van der Waals surface area contributed by atoms with Crippen LogP contribution in [0.25, 0.3) is 0 Å². The van der Waals surface area contributed by atoms with Crippen molar-refractivity contribution in [1.29, 1.82) is 0 Å². The van der Waals surface area contributed by atoms with E-state index in [0.29, 0.717) is 12.2 Å². The van der Waals surface area contributed by atoms with Crippen molar-refractivity contribution in [2.45, 2.75) is 26.0 Å². The van der Waals surface area contributed by atoms with Gasteiger partial charge in [0.25, 0.3) is 0 Å². The van der Waals surface area contributed by atoms with E-state index < -0.39 is 12.1 Å². The molecule has 1 rings (SSSR count). The van der Waals surface area contributed by atoms with E-state index in [1.54, 1.807) is 10.9 Å². The van der Waals surface area contributed by atoms with Crippen molar-refractivity contribution in [3.8, 4) is 0 Å². The van der Waals surface area contributed by atoms with Gasteiger partial charge in [0.1, 0.15) is 0 Å². The lowest BCUT2D eigenvalue weighted by Gasteiger charge is -2.00. The number of aromatic nitrogens is 3. The zero-order chi connectivity index (χ0) is 9.84. The van der Waals surface area contributed by atoms with Gasteiger partial charge in [-0.05, 0) is 6.92 Å². The van der Waals surface area contributed by atoms with Gasteiger partial charge < -0.3 is 10.2 Å². The first-order chi connectivity index (χ1) is 6.13. The zero-order valence-electron chi connectivity index (χ0n) is 7.21. The van der Waals surface area contributed by atoms with Crippen molar-refractivity contribution in [2.75, 3.05) is 0 Å². The molecule has 6 nitrogen and oxygen atoms in total. The highest BCUT2D eigenvalue weighted by Crippen LogP contribution is 1.98. The Kier molecular flexibility index (Phi) is 2.97. The molecule has 0 bridgehead atoms. The van der Waals surface area contributed by atoms with E-state index in [4.69, 9.17) is 10.2 Å². The molecule has 1 aromatic rings. The molecule has 0 saturated carbocycles. The van der Waals surface area contributed by atoms with Crippen LogP contribution in [0.2, 0.25) is 0 Å². The minimum atomic E-state index is -1.40. The van der Waals surface area contributed by atoms with Gasteiger partial charge in [-0.3, -0.25) is 4.68 Å². The molecule has 1 aromatic heterocycles. The van der Waals surface area contributed by atoms with Crippen LogP contribution in [0.15, 0.2) is 6.20 Å². The number of nitrogens with zero attached hydrogens (tertiary/aromatic N) is 3. The fraction of sp³-hybridized carbons (Fsp3) is 0.571. The van der Waals surface area contributed by atoms with E-state index in [1.807, 2.05) is 6.92 Å². The van der Waals surface area contributed by atoms with Crippen LogP contribution in [0.1, 0.15) is 12.6 Å². The van der Waals surface area contributed by atoms with Crippen LogP contribution in [0.4, 0.5) is 0 Å². The zero-order valence-corrected chi connectivity index (χ0v) is 7.21. The molecule has 0 saturated heterocycles. The highest BCUT2D eigenvalue weighted by Gasteiger charge is 2.15. The number of carboxylic acids is 1. The molecule has 0 amide bonds. The average molecular weight is 185 g/mol. The summed E-state index contributed by atoms with van der Waals surface area (Å²) in [5, 5.41) is 24.8. The lowest BCUT2D eigenvalue weighted by atomic mass is 10.2. The number of aliphatic hydroxyl groups is 1. The maximum atomic E-state index is 10.3. The number of rotatable bonds is 4. The summed E-state index contributed by atoms with van der Waals surface area (Å²) < 4.78 is 1.57. The van der Waals surface area contributed by atoms with Gasteiger partial charge in [0.2, 0.25) is 0 Å². The molecule has 1 heterocycles. The third-order valence-corrected chi connectivity index (χ3v) is 1.60. The van der Waals surface area contributed by atoms with Crippen molar-refractivity contribution < 1.29 is 15.0 Å². The van der Waals surface area contributed by atoms with E-state index in [2.05, 4.69) is 10.3 Å².